The number of halogens is 1. The molecule has 130 valence electrons. The molecule has 0 aliphatic rings. The molecule has 0 saturated heterocycles. The van der Waals surface area contributed by atoms with Gasteiger partial charge in [-0.15, -0.1) is 0 Å². The molecule has 0 aliphatic carbocycles. The second-order valence-corrected chi connectivity index (χ2v) is 7.63. The maximum atomic E-state index is 6.45. The van der Waals surface area contributed by atoms with Crippen LogP contribution in [0.5, 0.6) is 11.5 Å². The van der Waals surface area contributed by atoms with E-state index in [4.69, 9.17) is 20.7 Å². The van der Waals surface area contributed by atoms with Crippen LogP contribution in [0.2, 0.25) is 0 Å². The molecule has 2 aromatic carbocycles. The number of hydrogen-bond acceptors (Lipinski definition) is 2. The van der Waals surface area contributed by atoms with E-state index in [0.717, 1.165) is 41.9 Å². The zero-order chi connectivity index (χ0) is 17.4. The topological polar surface area (TPSA) is 18.5 Å². The number of ether oxygens (including phenoxy) is 2. The second kappa shape index (κ2) is 9.30. The van der Waals surface area contributed by atoms with Crippen molar-refractivity contribution < 1.29 is 9.47 Å². The zero-order valence-corrected chi connectivity index (χ0v) is 16.4. The summed E-state index contributed by atoms with van der Waals surface area (Å²) in [5.74, 6) is 1.75. The van der Waals surface area contributed by atoms with Crippen molar-refractivity contribution in [3.05, 3.63) is 59.7 Å². The normalized spacial score (nSPS) is 13.8. The lowest BCUT2D eigenvalue weighted by atomic mass is 9.90. The molecule has 0 aromatic heterocycles. The van der Waals surface area contributed by atoms with Crippen LogP contribution in [0.25, 0.3) is 0 Å². The molecule has 0 spiro atoms. The number of hydrogen-bond donors (Lipinski definition) is 0. The van der Waals surface area contributed by atoms with Gasteiger partial charge in [-0.1, -0.05) is 61.8 Å². The summed E-state index contributed by atoms with van der Waals surface area (Å²) >= 11 is 6.45. The summed E-state index contributed by atoms with van der Waals surface area (Å²) in [6.07, 6.45) is 3.11. The molecular weight excluding hydrogens is 339 g/mol. The fourth-order valence-electron chi connectivity index (χ4n) is 2.96. The van der Waals surface area contributed by atoms with Gasteiger partial charge in [-0.05, 0) is 44.5 Å². The van der Waals surface area contributed by atoms with Crippen LogP contribution in [0.3, 0.4) is 0 Å². The molecule has 4 heteroatoms. The Kier molecular flexibility index (Phi) is 7.40. The SMILES string of the molecule is CCCC(CC)(PCl)c1cc(OC)ccc1OCc1ccccc1. The van der Waals surface area contributed by atoms with Gasteiger partial charge in [0, 0.05) is 10.7 Å². The van der Waals surface area contributed by atoms with Gasteiger partial charge in [-0.25, -0.2) is 0 Å². The molecule has 2 rings (SSSR count). The average Bonchev–Trinajstić information content (AvgIpc) is 2.65. The van der Waals surface area contributed by atoms with Crippen LogP contribution in [0.1, 0.15) is 44.2 Å². The summed E-state index contributed by atoms with van der Waals surface area (Å²) in [6.45, 7) is 4.95. The van der Waals surface area contributed by atoms with Crippen molar-refractivity contribution in [2.45, 2.75) is 44.9 Å². The summed E-state index contributed by atoms with van der Waals surface area (Å²) in [5.41, 5.74) is 2.32. The maximum absolute atomic E-state index is 6.45. The van der Waals surface area contributed by atoms with E-state index in [1.807, 2.05) is 30.3 Å². The van der Waals surface area contributed by atoms with E-state index in [9.17, 15) is 0 Å². The summed E-state index contributed by atoms with van der Waals surface area (Å²) in [4.78, 5) is 0. The molecule has 0 fully saturated rings. The maximum Gasteiger partial charge on any atom is 0.124 e. The Morgan fingerprint density at radius 2 is 1.83 bits per heavy atom. The Hall–Kier alpha value is -1.24. The molecule has 0 heterocycles. The fraction of sp³-hybridized carbons (Fsp3) is 0.400. The van der Waals surface area contributed by atoms with Crippen LogP contribution in [-0.2, 0) is 11.8 Å². The van der Waals surface area contributed by atoms with Crippen LogP contribution in [-0.4, -0.2) is 7.11 Å². The van der Waals surface area contributed by atoms with Crippen molar-refractivity contribution in [1.82, 2.24) is 0 Å². The lowest BCUT2D eigenvalue weighted by Gasteiger charge is -2.32. The molecule has 0 radical (unpaired) electrons. The van der Waals surface area contributed by atoms with Crippen LogP contribution in [0.15, 0.2) is 48.5 Å². The Bertz CT molecular complexity index is 627. The molecule has 2 atom stereocenters. The van der Waals surface area contributed by atoms with E-state index >= 15 is 0 Å². The van der Waals surface area contributed by atoms with E-state index in [0.29, 0.717) is 14.5 Å². The van der Waals surface area contributed by atoms with E-state index in [2.05, 4.69) is 32.0 Å². The summed E-state index contributed by atoms with van der Waals surface area (Å²) in [5, 5.41) is -0.0587. The summed E-state index contributed by atoms with van der Waals surface area (Å²) in [6, 6.07) is 16.3. The van der Waals surface area contributed by atoms with Crippen molar-refractivity contribution in [1.29, 1.82) is 0 Å². The minimum atomic E-state index is -0.0587. The van der Waals surface area contributed by atoms with Gasteiger partial charge in [0.1, 0.15) is 18.1 Å². The highest BCUT2D eigenvalue weighted by Crippen LogP contribution is 2.54. The minimum absolute atomic E-state index is 0.0587. The zero-order valence-electron chi connectivity index (χ0n) is 14.6. The number of rotatable bonds is 9. The highest BCUT2D eigenvalue weighted by atomic mass is 35.7. The van der Waals surface area contributed by atoms with E-state index in [-0.39, 0.29) is 5.16 Å². The monoisotopic (exact) mass is 364 g/mol. The predicted octanol–water partition coefficient (Wildman–Crippen LogP) is 6.51. The molecular formula is C20H26ClO2P. The number of benzene rings is 2. The first-order chi connectivity index (χ1) is 11.7. The van der Waals surface area contributed by atoms with Gasteiger partial charge in [0.05, 0.1) is 7.11 Å². The first-order valence-electron chi connectivity index (χ1n) is 8.42. The van der Waals surface area contributed by atoms with Crippen molar-refractivity contribution in [2.75, 3.05) is 7.11 Å². The molecule has 0 saturated carbocycles. The third-order valence-electron chi connectivity index (χ3n) is 4.40. The third-order valence-corrected chi connectivity index (χ3v) is 6.72. The van der Waals surface area contributed by atoms with Gasteiger partial charge < -0.3 is 9.47 Å². The van der Waals surface area contributed by atoms with Gasteiger partial charge in [0.15, 0.2) is 0 Å². The predicted molar refractivity (Wildman–Crippen MR) is 105 cm³/mol. The lowest BCUT2D eigenvalue weighted by molar-refractivity contribution is 0.297. The van der Waals surface area contributed by atoms with Gasteiger partial charge >= 0.3 is 0 Å². The van der Waals surface area contributed by atoms with E-state index in [1.54, 1.807) is 7.11 Å². The van der Waals surface area contributed by atoms with Crippen LogP contribution < -0.4 is 9.47 Å². The summed E-state index contributed by atoms with van der Waals surface area (Å²) in [7, 11) is 2.00. The third kappa shape index (κ3) is 4.43. The molecule has 0 amide bonds. The summed E-state index contributed by atoms with van der Waals surface area (Å²) < 4.78 is 11.6. The first-order valence-corrected chi connectivity index (χ1v) is 10.4. The Morgan fingerprint density at radius 1 is 1.08 bits per heavy atom. The van der Waals surface area contributed by atoms with E-state index < -0.39 is 0 Å². The molecule has 2 nitrogen and oxygen atoms in total. The average molecular weight is 365 g/mol. The van der Waals surface area contributed by atoms with E-state index in [1.165, 1.54) is 0 Å². The van der Waals surface area contributed by atoms with Gasteiger partial charge in [0.25, 0.3) is 0 Å². The Balaban J connectivity index is 2.36. The molecule has 2 aromatic rings. The van der Waals surface area contributed by atoms with Crippen molar-refractivity contribution in [2.24, 2.45) is 0 Å². The highest BCUT2D eigenvalue weighted by Gasteiger charge is 2.32. The van der Waals surface area contributed by atoms with Crippen LogP contribution in [0.4, 0.5) is 0 Å². The van der Waals surface area contributed by atoms with Crippen molar-refractivity contribution in [3.63, 3.8) is 0 Å². The number of methoxy groups -OCH3 is 1. The Morgan fingerprint density at radius 3 is 2.42 bits per heavy atom. The quantitative estimate of drug-likeness (QED) is 0.472. The molecule has 24 heavy (non-hydrogen) atoms. The lowest BCUT2D eigenvalue weighted by Crippen LogP contribution is -2.19. The van der Waals surface area contributed by atoms with Crippen LogP contribution >= 0.6 is 19.2 Å². The van der Waals surface area contributed by atoms with Crippen molar-refractivity contribution in [3.8, 4) is 11.5 Å². The van der Waals surface area contributed by atoms with Gasteiger partial charge in [-0.2, -0.15) is 0 Å². The minimum Gasteiger partial charge on any atom is -0.497 e. The molecule has 0 N–H and O–H groups in total. The standard InChI is InChI=1S/C20H26ClO2P/c1-4-13-20(5-2,24-21)18-14-17(22-3)11-12-19(18)23-15-16-9-7-6-8-10-16/h6-12,14,24H,4-5,13,15H2,1-3H3. The van der Waals surface area contributed by atoms with Gasteiger partial charge in [0.2, 0.25) is 0 Å². The van der Waals surface area contributed by atoms with Crippen molar-refractivity contribution >= 4 is 19.2 Å². The highest BCUT2D eigenvalue weighted by molar-refractivity contribution is 7.69. The van der Waals surface area contributed by atoms with Gasteiger partial charge in [-0.3, -0.25) is 0 Å². The first kappa shape index (κ1) is 19.1. The molecule has 0 bridgehead atoms. The molecule has 0 aliphatic heterocycles. The second-order valence-electron chi connectivity index (χ2n) is 5.92. The largest absolute Gasteiger partial charge is 0.497 e. The fourth-order valence-corrected chi connectivity index (χ4v) is 4.73. The van der Waals surface area contributed by atoms with Crippen LogP contribution in [0, 0.1) is 0 Å². The molecule has 2 unspecified atom stereocenters. The Labute approximate surface area is 152 Å². The smallest absolute Gasteiger partial charge is 0.124 e.